The van der Waals surface area contributed by atoms with Gasteiger partial charge in [-0.15, -0.1) is 0 Å². The lowest BCUT2D eigenvalue weighted by molar-refractivity contribution is -0.660. The maximum absolute atomic E-state index is 8.62. The highest BCUT2D eigenvalue weighted by molar-refractivity contribution is 6.21. The summed E-state index contributed by atoms with van der Waals surface area (Å²) < 4.78 is 40.6. The van der Waals surface area contributed by atoms with Crippen molar-refractivity contribution >= 4 is 32.8 Å². The molecular formula is C26H25N2O+. The molecule has 3 heterocycles. The maximum atomic E-state index is 8.62. The second-order valence-corrected chi connectivity index (χ2v) is 7.69. The Bertz CT molecular complexity index is 1560. The molecule has 3 nitrogen and oxygen atoms in total. The minimum absolute atomic E-state index is 0.443. The Balaban J connectivity index is 1.95. The van der Waals surface area contributed by atoms with Crippen LogP contribution in [0, 0.1) is 13.8 Å². The largest absolute Gasteiger partial charge is 0.437 e. The Labute approximate surface area is 176 Å². The topological polar surface area (TPSA) is 29.9 Å². The first-order valence-electron chi connectivity index (χ1n) is 11.7. The van der Waals surface area contributed by atoms with Crippen LogP contribution >= 0.6 is 0 Å². The van der Waals surface area contributed by atoms with Gasteiger partial charge in [0.25, 0.3) is 0 Å². The zero-order valence-electron chi connectivity index (χ0n) is 21.0. The Morgan fingerprint density at radius 2 is 1.86 bits per heavy atom. The molecule has 0 bridgehead atoms. The molecule has 2 aromatic carbocycles. The van der Waals surface area contributed by atoms with Gasteiger partial charge in [0.2, 0.25) is 11.4 Å². The van der Waals surface area contributed by atoms with E-state index < -0.39 is 12.7 Å². The summed E-state index contributed by atoms with van der Waals surface area (Å²) >= 11 is 0. The average Bonchev–Trinajstić information content (AvgIpc) is 3.12. The molecule has 3 aromatic heterocycles. The molecule has 0 saturated carbocycles. The number of aromatic nitrogens is 2. The molecule has 1 atom stereocenters. The highest BCUT2D eigenvalue weighted by Crippen LogP contribution is 2.42. The summed E-state index contributed by atoms with van der Waals surface area (Å²) in [6.07, 6.45) is 1.83. The predicted molar refractivity (Wildman–Crippen MR) is 119 cm³/mol. The standard InChI is InChI=1S/C26H25N2O/c1-15(2)18-12-13-28(5)22(14-18)23-17(4)19-8-6-7-9-20(19)25-24(23)21-11-10-16(3)27-26(21)29-25/h6-15H,1-5H3/q+1/i1D3,15D. The highest BCUT2D eigenvalue weighted by atomic mass is 16.3. The van der Waals surface area contributed by atoms with Crippen LogP contribution in [0.4, 0.5) is 0 Å². The lowest BCUT2D eigenvalue weighted by Crippen LogP contribution is -2.31. The monoisotopic (exact) mass is 385 g/mol. The van der Waals surface area contributed by atoms with E-state index in [0.717, 1.165) is 49.6 Å². The molecule has 1 unspecified atom stereocenters. The molecule has 0 saturated heterocycles. The third-order valence-electron chi connectivity index (χ3n) is 5.73. The van der Waals surface area contributed by atoms with E-state index in [9.17, 15) is 0 Å². The van der Waals surface area contributed by atoms with Gasteiger partial charge in [0.15, 0.2) is 6.20 Å². The van der Waals surface area contributed by atoms with E-state index in [0.29, 0.717) is 11.3 Å². The van der Waals surface area contributed by atoms with Crippen LogP contribution in [0.2, 0.25) is 0 Å². The van der Waals surface area contributed by atoms with E-state index in [-0.39, 0.29) is 0 Å². The molecule has 0 amide bonds. The van der Waals surface area contributed by atoms with E-state index >= 15 is 0 Å². The van der Waals surface area contributed by atoms with Crippen LogP contribution in [0.15, 0.2) is 59.1 Å². The van der Waals surface area contributed by atoms with E-state index in [4.69, 9.17) is 9.90 Å². The Morgan fingerprint density at radius 1 is 1.07 bits per heavy atom. The number of rotatable bonds is 2. The number of pyridine rings is 2. The molecule has 0 spiro atoms. The van der Waals surface area contributed by atoms with Gasteiger partial charge in [-0.3, -0.25) is 0 Å². The third kappa shape index (κ3) is 2.65. The van der Waals surface area contributed by atoms with Gasteiger partial charge in [-0.25, -0.2) is 9.55 Å². The van der Waals surface area contributed by atoms with Crippen molar-refractivity contribution in [2.24, 2.45) is 7.05 Å². The summed E-state index contributed by atoms with van der Waals surface area (Å²) in [5.74, 6) is -1.74. The van der Waals surface area contributed by atoms with Crippen molar-refractivity contribution in [3.8, 4) is 11.3 Å². The van der Waals surface area contributed by atoms with Crippen LogP contribution in [0.5, 0.6) is 0 Å². The van der Waals surface area contributed by atoms with Crippen LogP contribution in [0.25, 0.3) is 44.1 Å². The van der Waals surface area contributed by atoms with E-state index in [1.54, 1.807) is 6.07 Å². The first-order chi connectivity index (χ1) is 15.5. The van der Waals surface area contributed by atoms with Crippen molar-refractivity contribution in [2.45, 2.75) is 33.5 Å². The van der Waals surface area contributed by atoms with Crippen molar-refractivity contribution in [2.75, 3.05) is 0 Å². The Kier molecular flexibility index (Phi) is 3.07. The molecule has 5 aromatic rings. The molecule has 0 fully saturated rings. The minimum atomic E-state index is -2.46. The van der Waals surface area contributed by atoms with Gasteiger partial charge in [0, 0.05) is 39.5 Å². The number of aryl methyl sites for hydroxylation is 3. The fourth-order valence-electron chi connectivity index (χ4n) is 4.21. The number of furan rings is 1. The summed E-state index contributed by atoms with van der Waals surface area (Å²) in [4.78, 5) is 4.62. The molecule has 0 aliphatic carbocycles. The van der Waals surface area contributed by atoms with Crippen molar-refractivity contribution in [3.05, 3.63) is 71.5 Å². The lowest BCUT2D eigenvalue weighted by Gasteiger charge is -2.12. The van der Waals surface area contributed by atoms with Gasteiger partial charge in [-0.2, -0.15) is 0 Å². The van der Waals surface area contributed by atoms with Gasteiger partial charge in [0.1, 0.15) is 12.6 Å². The van der Waals surface area contributed by atoms with Crippen molar-refractivity contribution in [1.29, 1.82) is 0 Å². The number of benzene rings is 2. The lowest BCUT2D eigenvalue weighted by atomic mass is 9.91. The molecule has 0 aliphatic rings. The number of fused-ring (bicyclic) bond motifs is 5. The molecule has 144 valence electrons. The molecule has 0 N–H and O–H groups in total. The molecular weight excluding hydrogens is 356 g/mol. The Morgan fingerprint density at radius 3 is 2.66 bits per heavy atom. The van der Waals surface area contributed by atoms with Crippen molar-refractivity contribution in [1.82, 2.24) is 4.98 Å². The van der Waals surface area contributed by atoms with Crippen molar-refractivity contribution in [3.63, 3.8) is 0 Å². The minimum Gasteiger partial charge on any atom is -0.437 e. The van der Waals surface area contributed by atoms with Crippen LogP contribution in [0.1, 0.15) is 42.0 Å². The second-order valence-electron chi connectivity index (χ2n) is 7.69. The molecule has 5 rings (SSSR count). The first-order valence-corrected chi connectivity index (χ1v) is 9.72. The number of nitrogens with zero attached hydrogens (tertiary/aromatic N) is 2. The van der Waals surface area contributed by atoms with Gasteiger partial charge < -0.3 is 4.42 Å². The zero-order valence-corrected chi connectivity index (χ0v) is 17.0. The van der Waals surface area contributed by atoms with Crippen LogP contribution < -0.4 is 4.57 Å². The van der Waals surface area contributed by atoms with E-state index in [1.807, 2.05) is 55.1 Å². The van der Waals surface area contributed by atoms with Crippen LogP contribution in [-0.2, 0) is 7.05 Å². The van der Waals surface area contributed by atoms with E-state index in [1.165, 1.54) is 6.92 Å². The van der Waals surface area contributed by atoms with Crippen molar-refractivity contribution < 1.29 is 14.5 Å². The summed E-state index contributed by atoms with van der Waals surface area (Å²) in [6, 6.07) is 15.7. The fraction of sp³-hybridized carbons (Fsp3) is 0.231. The van der Waals surface area contributed by atoms with Gasteiger partial charge >= 0.3 is 0 Å². The number of hydrogen-bond acceptors (Lipinski definition) is 2. The second kappa shape index (κ2) is 6.41. The molecule has 29 heavy (non-hydrogen) atoms. The van der Waals surface area contributed by atoms with E-state index in [2.05, 4.69) is 24.0 Å². The fourth-order valence-corrected chi connectivity index (χ4v) is 4.21. The first kappa shape index (κ1) is 13.9. The summed E-state index contributed by atoms with van der Waals surface area (Å²) in [5, 5.41) is 3.93. The third-order valence-corrected chi connectivity index (χ3v) is 5.73. The maximum Gasteiger partial charge on any atom is 0.227 e. The highest BCUT2D eigenvalue weighted by Gasteiger charge is 2.24. The zero-order chi connectivity index (χ0) is 23.7. The predicted octanol–water partition coefficient (Wildman–Crippen LogP) is 6.37. The quantitative estimate of drug-likeness (QED) is 0.331. The normalized spacial score (nSPS) is 16.4. The summed E-state index contributed by atoms with van der Waals surface area (Å²) in [7, 11) is 1.93. The smallest absolute Gasteiger partial charge is 0.227 e. The van der Waals surface area contributed by atoms with Crippen LogP contribution in [0.3, 0.4) is 0 Å². The van der Waals surface area contributed by atoms with Gasteiger partial charge in [-0.05, 0) is 48.4 Å². The number of hydrogen-bond donors (Lipinski definition) is 0. The summed E-state index contributed by atoms with van der Waals surface area (Å²) in [6.45, 7) is 3.00. The van der Waals surface area contributed by atoms with Gasteiger partial charge in [-0.1, -0.05) is 38.0 Å². The van der Waals surface area contributed by atoms with Crippen LogP contribution in [-0.4, -0.2) is 4.98 Å². The molecule has 0 aliphatic heterocycles. The SMILES string of the molecule is [2H]C([2H])([2H])C([2H])(C)c1cc[n+](C)c(-c2c(C)c3ccccc3c3oc4nc(C)ccc4c23)c1. The molecule has 3 heteroatoms. The van der Waals surface area contributed by atoms with Gasteiger partial charge in [0.05, 0.1) is 5.56 Å². The Hall–Kier alpha value is -3.20. The summed E-state index contributed by atoms with van der Waals surface area (Å²) in [5.41, 5.74) is 5.50. The average molecular weight is 386 g/mol. The molecule has 0 radical (unpaired) electrons.